The van der Waals surface area contributed by atoms with Gasteiger partial charge in [-0.3, -0.25) is 9.98 Å². The molecular formula is C50H80N2. The lowest BCUT2D eigenvalue weighted by Gasteiger charge is -2.12. The Balaban J connectivity index is 2.13. The van der Waals surface area contributed by atoms with Gasteiger partial charge < -0.3 is 0 Å². The van der Waals surface area contributed by atoms with E-state index >= 15 is 0 Å². The minimum absolute atomic E-state index is 0.974. The van der Waals surface area contributed by atoms with Gasteiger partial charge in [0.25, 0.3) is 0 Å². The van der Waals surface area contributed by atoms with Crippen LogP contribution in [-0.4, -0.2) is 11.4 Å². The summed E-state index contributed by atoms with van der Waals surface area (Å²) in [7, 11) is 0. The largest absolute Gasteiger partial charge is 0.252 e. The van der Waals surface area contributed by atoms with E-state index in [-0.39, 0.29) is 0 Å². The van der Waals surface area contributed by atoms with Crippen LogP contribution >= 0.6 is 0 Å². The predicted molar refractivity (Wildman–Crippen MR) is 237 cm³/mol. The van der Waals surface area contributed by atoms with Gasteiger partial charge in [-0.15, -0.1) is 0 Å². The molecule has 0 unspecified atom stereocenters. The smallest absolute Gasteiger partial charge is 0.0639 e. The molecule has 0 aliphatic heterocycles. The molecule has 2 nitrogen and oxygen atoms in total. The fraction of sp³-hybridized carbons (Fsp3) is 0.640. The van der Waals surface area contributed by atoms with Crippen molar-refractivity contribution < 1.29 is 0 Å². The van der Waals surface area contributed by atoms with E-state index in [0.717, 1.165) is 49.9 Å². The Morgan fingerprint density at radius 3 is 1.15 bits per heavy atom. The monoisotopic (exact) mass is 709 g/mol. The Morgan fingerprint density at radius 1 is 0.404 bits per heavy atom. The van der Waals surface area contributed by atoms with Crippen molar-refractivity contribution in [2.45, 2.75) is 207 Å². The molecule has 2 aromatic rings. The van der Waals surface area contributed by atoms with Crippen LogP contribution in [0.5, 0.6) is 0 Å². The molecule has 0 saturated carbocycles. The topological polar surface area (TPSA) is 24.7 Å². The third-order valence-electron chi connectivity index (χ3n) is 10.2. The van der Waals surface area contributed by atoms with E-state index in [2.05, 4.69) is 101 Å². The summed E-state index contributed by atoms with van der Waals surface area (Å²) in [5.41, 5.74) is 6.95. The molecule has 0 saturated heterocycles. The van der Waals surface area contributed by atoms with Crippen LogP contribution in [0.4, 0.5) is 11.4 Å². The Hall–Kier alpha value is -2.74. The molecule has 0 radical (unpaired) electrons. The molecule has 0 N–H and O–H groups in total. The molecule has 0 atom stereocenters. The SMILES string of the molecule is CCCCCCCCCCC=Cc1cccc(N=C(CCCC)C(CCCCCCCC)=Nc2cccc(C=CCCCCCCCCCC)c2)c1. The second-order valence-corrected chi connectivity index (χ2v) is 15.3. The van der Waals surface area contributed by atoms with Crippen LogP contribution in [-0.2, 0) is 0 Å². The van der Waals surface area contributed by atoms with Gasteiger partial charge in [-0.25, -0.2) is 0 Å². The van der Waals surface area contributed by atoms with Crippen molar-refractivity contribution in [3.8, 4) is 0 Å². The zero-order chi connectivity index (χ0) is 37.2. The summed E-state index contributed by atoms with van der Waals surface area (Å²) in [4.78, 5) is 10.7. The first-order valence-electron chi connectivity index (χ1n) is 22.4. The number of hydrogen-bond acceptors (Lipinski definition) is 2. The minimum atomic E-state index is 0.974. The lowest BCUT2D eigenvalue weighted by Crippen LogP contribution is -2.14. The summed E-state index contributed by atoms with van der Waals surface area (Å²) in [6.45, 7) is 9.16. The van der Waals surface area contributed by atoms with Gasteiger partial charge >= 0.3 is 0 Å². The fourth-order valence-electron chi connectivity index (χ4n) is 6.89. The highest BCUT2D eigenvalue weighted by atomic mass is 14.8. The van der Waals surface area contributed by atoms with Crippen LogP contribution < -0.4 is 0 Å². The van der Waals surface area contributed by atoms with Crippen LogP contribution in [0, 0.1) is 0 Å². The van der Waals surface area contributed by atoms with Crippen LogP contribution in [0.15, 0.2) is 70.7 Å². The Morgan fingerprint density at radius 2 is 0.750 bits per heavy atom. The normalized spacial score (nSPS) is 12.5. The summed E-state index contributed by atoms with van der Waals surface area (Å²) in [6, 6.07) is 17.6. The maximum Gasteiger partial charge on any atom is 0.0639 e. The number of benzene rings is 2. The number of unbranched alkanes of at least 4 members (excludes halogenated alkanes) is 22. The van der Waals surface area contributed by atoms with Crippen LogP contribution in [0.2, 0.25) is 0 Å². The third kappa shape index (κ3) is 23.7. The molecular weight excluding hydrogens is 629 g/mol. The highest BCUT2D eigenvalue weighted by Crippen LogP contribution is 2.23. The van der Waals surface area contributed by atoms with Gasteiger partial charge in [-0.1, -0.05) is 205 Å². The molecule has 0 spiro atoms. The van der Waals surface area contributed by atoms with Crippen molar-refractivity contribution in [3.05, 3.63) is 71.8 Å². The molecule has 0 fully saturated rings. The van der Waals surface area contributed by atoms with Crippen molar-refractivity contribution >= 4 is 35.0 Å². The quantitative estimate of drug-likeness (QED) is 0.0521. The number of allylic oxidation sites excluding steroid dienone is 2. The third-order valence-corrected chi connectivity index (χ3v) is 10.2. The van der Waals surface area contributed by atoms with E-state index in [9.17, 15) is 0 Å². The summed E-state index contributed by atoms with van der Waals surface area (Å²) >= 11 is 0. The summed E-state index contributed by atoms with van der Waals surface area (Å²) in [6.07, 6.45) is 45.5. The van der Waals surface area contributed by atoms with E-state index in [1.165, 1.54) is 164 Å². The molecule has 0 aliphatic rings. The number of nitrogens with zero attached hydrogens (tertiary/aromatic N) is 2. The number of rotatable bonds is 33. The summed E-state index contributed by atoms with van der Waals surface area (Å²) < 4.78 is 0. The summed E-state index contributed by atoms with van der Waals surface area (Å²) in [5, 5.41) is 0. The predicted octanol–water partition coefficient (Wildman–Crippen LogP) is 17.6. The van der Waals surface area contributed by atoms with E-state index in [4.69, 9.17) is 9.98 Å². The van der Waals surface area contributed by atoms with Gasteiger partial charge in [0.05, 0.1) is 22.8 Å². The van der Waals surface area contributed by atoms with Gasteiger partial charge in [0.2, 0.25) is 0 Å². The molecule has 0 amide bonds. The van der Waals surface area contributed by atoms with Gasteiger partial charge in [-0.2, -0.15) is 0 Å². The van der Waals surface area contributed by atoms with Crippen molar-refractivity contribution in [2.24, 2.45) is 9.98 Å². The second-order valence-electron chi connectivity index (χ2n) is 15.3. The van der Waals surface area contributed by atoms with Crippen molar-refractivity contribution in [2.75, 3.05) is 0 Å². The average Bonchev–Trinajstić information content (AvgIpc) is 3.16. The molecule has 290 valence electrons. The minimum Gasteiger partial charge on any atom is -0.252 e. The lowest BCUT2D eigenvalue weighted by molar-refractivity contribution is 0.578. The molecule has 2 heteroatoms. The number of hydrogen-bond donors (Lipinski definition) is 0. The molecule has 0 aromatic heterocycles. The Kier molecular flexibility index (Phi) is 28.7. The zero-order valence-electron chi connectivity index (χ0n) is 34.6. The first kappa shape index (κ1) is 45.4. The van der Waals surface area contributed by atoms with Gasteiger partial charge in [0, 0.05) is 0 Å². The average molecular weight is 709 g/mol. The van der Waals surface area contributed by atoms with Crippen LogP contribution in [0.1, 0.15) is 219 Å². The highest BCUT2D eigenvalue weighted by Gasteiger charge is 2.11. The van der Waals surface area contributed by atoms with Gasteiger partial charge in [0.15, 0.2) is 0 Å². The molecule has 0 bridgehead atoms. The fourth-order valence-corrected chi connectivity index (χ4v) is 6.89. The maximum absolute atomic E-state index is 5.37. The van der Waals surface area contributed by atoms with E-state index in [0.29, 0.717) is 0 Å². The van der Waals surface area contributed by atoms with Crippen molar-refractivity contribution in [1.82, 2.24) is 0 Å². The highest BCUT2D eigenvalue weighted by molar-refractivity contribution is 6.43. The first-order chi connectivity index (χ1) is 25.7. The zero-order valence-corrected chi connectivity index (χ0v) is 34.6. The molecule has 2 rings (SSSR count). The molecule has 2 aromatic carbocycles. The number of aliphatic imine (C=N–C) groups is 2. The molecule has 0 aliphatic carbocycles. The van der Waals surface area contributed by atoms with Gasteiger partial charge in [0.1, 0.15) is 0 Å². The van der Waals surface area contributed by atoms with E-state index in [1.54, 1.807) is 0 Å². The standard InChI is InChI=1S/C50H80N2/c1-5-9-13-16-19-21-23-25-27-30-35-45-37-33-39-47(43-45)51-49(41-12-8-4)50(42-32-29-18-15-11-7-3)52-48-40-34-38-46(44-48)36-31-28-26-24-22-20-17-14-10-6-2/h30-31,33-40,43-44H,5-29,32,41-42H2,1-4H3. The lowest BCUT2D eigenvalue weighted by atomic mass is 10.0. The van der Waals surface area contributed by atoms with Crippen molar-refractivity contribution in [1.29, 1.82) is 0 Å². The first-order valence-corrected chi connectivity index (χ1v) is 22.4. The van der Waals surface area contributed by atoms with Crippen LogP contribution in [0.25, 0.3) is 12.2 Å². The maximum atomic E-state index is 5.37. The van der Waals surface area contributed by atoms with E-state index < -0.39 is 0 Å². The molecule has 0 heterocycles. The second kappa shape index (κ2) is 32.9. The van der Waals surface area contributed by atoms with Crippen LogP contribution in [0.3, 0.4) is 0 Å². The molecule has 52 heavy (non-hydrogen) atoms. The Labute approximate surface area is 323 Å². The van der Waals surface area contributed by atoms with E-state index in [1.807, 2.05) is 0 Å². The van der Waals surface area contributed by atoms with Crippen molar-refractivity contribution in [3.63, 3.8) is 0 Å². The van der Waals surface area contributed by atoms with Gasteiger partial charge in [-0.05, 0) is 86.8 Å². The summed E-state index contributed by atoms with van der Waals surface area (Å²) in [5.74, 6) is 0. The Bertz CT molecular complexity index is 1250.